The first kappa shape index (κ1) is 18.3. The Morgan fingerprint density at radius 3 is 2.23 bits per heavy atom. The van der Waals surface area contributed by atoms with Gasteiger partial charge in [0.25, 0.3) is 11.6 Å². The van der Waals surface area contributed by atoms with Crippen molar-refractivity contribution >= 4 is 29.0 Å². The molecule has 9 heteroatoms. The topological polar surface area (TPSA) is 139 Å². The van der Waals surface area contributed by atoms with E-state index in [0.29, 0.717) is 11.6 Å². The van der Waals surface area contributed by atoms with E-state index in [0.717, 1.165) is 6.07 Å². The van der Waals surface area contributed by atoms with Crippen molar-refractivity contribution in [1.29, 1.82) is 0 Å². The molecule has 0 saturated carbocycles. The smallest absolute Gasteiger partial charge is 0.310 e. The number of carbonyl (C=O) groups is 3. The van der Waals surface area contributed by atoms with Gasteiger partial charge in [0.05, 0.1) is 4.92 Å². The molecule has 0 radical (unpaired) electrons. The maximum absolute atomic E-state index is 11.9. The average Bonchev–Trinajstić information content (AvgIpc) is 2.66. The number of rotatable bonds is 5. The summed E-state index contributed by atoms with van der Waals surface area (Å²) in [6.07, 6.45) is 0.696. The summed E-state index contributed by atoms with van der Waals surface area (Å²) in [5, 5.41) is 20.7. The molecule has 0 aliphatic rings. The third kappa shape index (κ3) is 4.51. The lowest BCUT2D eigenvalue weighted by atomic mass is 10.1. The molecule has 3 N–H and O–H groups in total. The molecular weight excluding hydrogens is 342 g/mol. The fourth-order valence-electron chi connectivity index (χ4n) is 1.95. The second-order valence-corrected chi connectivity index (χ2v) is 4.94. The first-order valence-electron chi connectivity index (χ1n) is 7.24. The zero-order chi connectivity index (χ0) is 19.1. The minimum Gasteiger partial charge on any atom is -0.507 e. The molecule has 0 aromatic heterocycles. The van der Waals surface area contributed by atoms with Gasteiger partial charge in [0.2, 0.25) is 5.78 Å². The Morgan fingerprint density at radius 2 is 1.58 bits per heavy atom. The normalized spacial score (nSPS) is 10.7. The van der Waals surface area contributed by atoms with Gasteiger partial charge in [-0.15, -0.1) is 0 Å². The maximum Gasteiger partial charge on any atom is 0.310 e. The number of aliphatic hydroxyl groups is 1. The zero-order valence-electron chi connectivity index (χ0n) is 13.2. The molecule has 2 aromatic carbocycles. The van der Waals surface area contributed by atoms with E-state index in [1.54, 1.807) is 18.2 Å². The number of nitro benzene ring substituents is 1. The number of benzene rings is 2. The summed E-state index contributed by atoms with van der Waals surface area (Å²) in [4.78, 5) is 45.5. The number of nitro groups is 1. The van der Waals surface area contributed by atoms with E-state index in [1.165, 1.54) is 30.3 Å². The van der Waals surface area contributed by atoms with Crippen molar-refractivity contribution in [3.63, 3.8) is 0 Å². The largest absolute Gasteiger partial charge is 0.507 e. The van der Waals surface area contributed by atoms with Gasteiger partial charge < -0.3 is 5.11 Å². The number of carbonyl (C=O) groups excluding carboxylic acids is 3. The molecule has 0 aliphatic heterocycles. The Morgan fingerprint density at radius 1 is 0.962 bits per heavy atom. The molecule has 2 rings (SSSR count). The lowest BCUT2D eigenvalue weighted by Crippen LogP contribution is -2.44. The average molecular weight is 355 g/mol. The van der Waals surface area contributed by atoms with Crippen LogP contribution >= 0.6 is 0 Å². The number of para-hydroxylation sites is 1. The second-order valence-electron chi connectivity index (χ2n) is 4.94. The van der Waals surface area contributed by atoms with Gasteiger partial charge in [-0.3, -0.25) is 35.3 Å². The summed E-state index contributed by atoms with van der Waals surface area (Å²) in [6, 6.07) is 13.2. The molecule has 0 heterocycles. The van der Waals surface area contributed by atoms with Crippen LogP contribution in [-0.4, -0.2) is 27.6 Å². The van der Waals surface area contributed by atoms with E-state index in [-0.39, 0.29) is 5.56 Å². The van der Waals surface area contributed by atoms with Crippen LogP contribution in [0, 0.1) is 10.1 Å². The van der Waals surface area contributed by atoms with Gasteiger partial charge in [-0.25, -0.2) is 0 Å². The van der Waals surface area contributed by atoms with Crippen molar-refractivity contribution in [3.05, 3.63) is 81.9 Å². The van der Waals surface area contributed by atoms with Gasteiger partial charge in [0, 0.05) is 17.7 Å². The molecule has 0 aliphatic carbocycles. The van der Waals surface area contributed by atoms with Crippen LogP contribution in [0.25, 0.3) is 5.76 Å². The molecule has 0 unspecified atom stereocenters. The molecule has 2 aromatic rings. The zero-order valence-corrected chi connectivity index (χ0v) is 13.2. The standard InChI is InChI=1S/C17H13N3O6/c21-14(11-6-2-1-3-7-11)10-15(22)17(24)19-18-16(23)12-8-4-5-9-13(12)20(25)26/h1-10,21H,(H,18,23)(H,19,24). The number of hydrogen-bond acceptors (Lipinski definition) is 6. The van der Waals surface area contributed by atoms with Crippen LogP contribution in [0.1, 0.15) is 15.9 Å². The van der Waals surface area contributed by atoms with Crippen molar-refractivity contribution < 1.29 is 24.4 Å². The van der Waals surface area contributed by atoms with Crippen molar-refractivity contribution in [1.82, 2.24) is 10.9 Å². The second kappa shape index (κ2) is 8.20. The fraction of sp³-hybridized carbons (Fsp3) is 0. The molecule has 0 spiro atoms. The summed E-state index contributed by atoms with van der Waals surface area (Å²) < 4.78 is 0. The van der Waals surface area contributed by atoms with Crippen LogP contribution < -0.4 is 10.9 Å². The molecule has 26 heavy (non-hydrogen) atoms. The lowest BCUT2D eigenvalue weighted by Gasteiger charge is -2.06. The Labute approximate surface area is 147 Å². The summed E-state index contributed by atoms with van der Waals surface area (Å²) >= 11 is 0. The molecule has 0 bridgehead atoms. The van der Waals surface area contributed by atoms with Gasteiger partial charge in [0.1, 0.15) is 11.3 Å². The van der Waals surface area contributed by atoms with Gasteiger partial charge in [-0.1, -0.05) is 42.5 Å². The van der Waals surface area contributed by atoms with E-state index in [4.69, 9.17) is 0 Å². The van der Waals surface area contributed by atoms with E-state index in [1.807, 2.05) is 10.9 Å². The monoisotopic (exact) mass is 355 g/mol. The Bertz CT molecular complexity index is 892. The summed E-state index contributed by atoms with van der Waals surface area (Å²) in [5.74, 6) is -3.72. The maximum atomic E-state index is 11.9. The van der Waals surface area contributed by atoms with E-state index in [2.05, 4.69) is 0 Å². The molecule has 2 amide bonds. The van der Waals surface area contributed by atoms with E-state index >= 15 is 0 Å². The highest BCUT2D eigenvalue weighted by Crippen LogP contribution is 2.17. The fourth-order valence-corrected chi connectivity index (χ4v) is 1.95. The van der Waals surface area contributed by atoms with Crippen LogP contribution in [0.2, 0.25) is 0 Å². The van der Waals surface area contributed by atoms with Crippen LogP contribution in [0.3, 0.4) is 0 Å². The Balaban J connectivity index is 2.01. The van der Waals surface area contributed by atoms with E-state index < -0.39 is 34.0 Å². The Hall–Kier alpha value is -4.01. The van der Waals surface area contributed by atoms with Crippen molar-refractivity contribution in [2.45, 2.75) is 0 Å². The summed E-state index contributed by atoms with van der Waals surface area (Å²) in [7, 11) is 0. The van der Waals surface area contributed by atoms with Crippen molar-refractivity contribution in [2.24, 2.45) is 0 Å². The molecule has 132 valence electrons. The van der Waals surface area contributed by atoms with Gasteiger partial charge >= 0.3 is 5.91 Å². The summed E-state index contributed by atoms with van der Waals surface area (Å²) in [6.45, 7) is 0. The van der Waals surface area contributed by atoms with Crippen LogP contribution in [0.4, 0.5) is 5.69 Å². The predicted molar refractivity (Wildman–Crippen MR) is 90.8 cm³/mol. The van der Waals surface area contributed by atoms with Crippen LogP contribution in [-0.2, 0) is 9.59 Å². The van der Waals surface area contributed by atoms with Gasteiger partial charge in [-0.2, -0.15) is 0 Å². The number of nitrogens with one attached hydrogen (secondary N) is 2. The SMILES string of the molecule is O=C(C=C(O)c1ccccc1)C(=O)NNC(=O)c1ccccc1[N+](=O)[O-]. The van der Waals surface area contributed by atoms with Crippen molar-refractivity contribution in [2.75, 3.05) is 0 Å². The molecular formula is C17H13N3O6. The first-order chi connectivity index (χ1) is 12.4. The third-order valence-electron chi connectivity index (χ3n) is 3.20. The molecule has 9 nitrogen and oxygen atoms in total. The number of ketones is 1. The highest BCUT2D eigenvalue weighted by Gasteiger charge is 2.20. The quantitative estimate of drug-likeness (QED) is 0.244. The van der Waals surface area contributed by atoms with Crippen molar-refractivity contribution in [3.8, 4) is 0 Å². The third-order valence-corrected chi connectivity index (χ3v) is 3.20. The molecule has 0 saturated heterocycles. The predicted octanol–water partition coefficient (Wildman–Crippen LogP) is 1.52. The minimum atomic E-state index is -1.22. The number of hydrazine groups is 1. The lowest BCUT2D eigenvalue weighted by molar-refractivity contribution is -0.385. The van der Waals surface area contributed by atoms with Gasteiger partial charge in [0.15, 0.2) is 0 Å². The molecule has 0 fully saturated rings. The van der Waals surface area contributed by atoms with Gasteiger partial charge in [-0.05, 0) is 6.07 Å². The number of hydrogen-bond donors (Lipinski definition) is 3. The highest BCUT2D eigenvalue weighted by molar-refractivity contribution is 6.41. The summed E-state index contributed by atoms with van der Waals surface area (Å²) in [5.41, 5.74) is 3.35. The number of nitrogens with zero attached hydrogens (tertiary/aromatic N) is 1. The highest BCUT2D eigenvalue weighted by atomic mass is 16.6. The van der Waals surface area contributed by atoms with E-state index in [9.17, 15) is 29.6 Å². The first-order valence-corrected chi connectivity index (χ1v) is 7.24. The van der Waals surface area contributed by atoms with Crippen LogP contribution in [0.15, 0.2) is 60.7 Å². The minimum absolute atomic E-state index is 0.284. The van der Waals surface area contributed by atoms with Crippen LogP contribution in [0.5, 0.6) is 0 Å². The Kier molecular flexibility index (Phi) is 5.78. The molecule has 0 atom stereocenters. The number of amides is 2. The number of aliphatic hydroxyl groups excluding tert-OH is 1.